The molecule has 3 aromatic heterocycles. The van der Waals surface area contributed by atoms with E-state index in [9.17, 15) is 4.79 Å². The molecule has 1 aliphatic heterocycles. The summed E-state index contributed by atoms with van der Waals surface area (Å²) in [4.78, 5) is 16.2. The third-order valence-corrected chi connectivity index (χ3v) is 7.74. The molecular formula is C25H28Cl2N4O2S. The fraction of sp³-hybridized carbons (Fsp3) is 0.360. The predicted octanol–water partition coefficient (Wildman–Crippen LogP) is 6.49. The molecule has 0 radical (unpaired) electrons. The summed E-state index contributed by atoms with van der Waals surface area (Å²) in [5.41, 5.74) is 1.54. The molecule has 180 valence electrons. The van der Waals surface area contributed by atoms with Crippen molar-refractivity contribution in [2.45, 2.75) is 38.8 Å². The van der Waals surface area contributed by atoms with Gasteiger partial charge in [-0.25, -0.2) is 0 Å². The zero-order valence-corrected chi connectivity index (χ0v) is 21.8. The number of aromatic nitrogens is 2. The summed E-state index contributed by atoms with van der Waals surface area (Å²) in [6, 6.07) is 14.2. The lowest BCUT2D eigenvalue weighted by molar-refractivity contribution is 0.0893. The topological polar surface area (TPSA) is 63.3 Å². The minimum Gasteiger partial charge on any atom is -0.355 e. The SMILES string of the molecule is CC(C)N1CCC(NC(=O)c2c(Cl)c3ccccc3n2C)CC1.Clc1ccc(-c2ccno2)s1. The van der Waals surface area contributed by atoms with Crippen molar-refractivity contribution in [1.82, 2.24) is 19.9 Å². The van der Waals surface area contributed by atoms with Gasteiger partial charge in [-0.1, -0.05) is 46.6 Å². The van der Waals surface area contributed by atoms with Crippen molar-refractivity contribution in [3.63, 3.8) is 0 Å². The Morgan fingerprint density at radius 2 is 1.88 bits per heavy atom. The van der Waals surface area contributed by atoms with Crippen molar-refractivity contribution in [2.75, 3.05) is 13.1 Å². The number of halogens is 2. The van der Waals surface area contributed by atoms with Gasteiger partial charge in [0, 0.05) is 49.2 Å². The van der Waals surface area contributed by atoms with E-state index in [1.807, 2.05) is 54.1 Å². The Balaban J connectivity index is 0.000000207. The molecule has 0 atom stereocenters. The predicted molar refractivity (Wildman–Crippen MR) is 140 cm³/mol. The third-order valence-electron chi connectivity index (χ3n) is 6.11. The van der Waals surface area contributed by atoms with Crippen LogP contribution < -0.4 is 5.32 Å². The quantitative estimate of drug-likeness (QED) is 0.335. The van der Waals surface area contributed by atoms with E-state index in [0.29, 0.717) is 16.8 Å². The molecule has 4 aromatic rings. The highest BCUT2D eigenvalue weighted by molar-refractivity contribution is 7.19. The van der Waals surface area contributed by atoms with Crippen molar-refractivity contribution in [2.24, 2.45) is 7.05 Å². The van der Waals surface area contributed by atoms with Gasteiger partial charge in [-0.05, 0) is 44.9 Å². The van der Waals surface area contributed by atoms with Crippen molar-refractivity contribution >= 4 is 51.3 Å². The normalized spacial score (nSPS) is 14.9. The van der Waals surface area contributed by atoms with E-state index in [0.717, 1.165) is 51.8 Å². The molecule has 1 fully saturated rings. The Morgan fingerprint density at radius 1 is 1.15 bits per heavy atom. The molecule has 0 spiro atoms. The van der Waals surface area contributed by atoms with Crippen LogP contribution in [0.3, 0.4) is 0 Å². The van der Waals surface area contributed by atoms with Gasteiger partial charge in [0.25, 0.3) is 5.91 Å². The van der Waals surface area contributed by atoms with E-state index >= 15 is 0 Å². The van der Waals surface area contributed by atoms with Crippen molar-refractivity contribution in [3.8, 4) is 10.6 Å². The number of para-hydroxylation sites is 1. The molecule has 0 saturated carbocycles. The molecule has 0 unspecified atom stereocenters. The van der Waals surface area contributed by atoms with E-state index in [1.54, 1.807) is 6.20 Å². The van der Waals surface area contributed by atoms with Gasteiger partial charge in [0.2, 0.25) is 0 Å². The maximum atomic E-state index is 12.7. The fourth-order valence-electron chi connectivity index (χ4n) is 4.20. The van der Waals surface area contributed by atoms with Crippen LogP contribution in [0.5, 0.6) is 0 Å². The number of rotatable bonds is 4. The van der Waals surface area contributed by atoms with Gasteiger partial charge in [-0.15, -0.1) is 11.3 Å². The summed E-state index contributed by atoms with van der Waals surface area (Å²) in [5.74, 6) is 0.693. The third kappa shape index (κ3) is 5.49. The summed E-state index contributed by atoms with van der Waals surface area (Å²) in [6.45, 7) is 6.50. The lowest BCUT2D eigenvalue weighted by Gasteiger charge is -2.34. The number of aryl methyl sites for hydroxylation is 1. The molecule has 1 aromatic carbocycles. The Kier molecular flexibility index (Phi) is 7.99. The Morgan fingerprint density at radius 3 is 2.47 bits per heavy atom. The number of piperidine rings is 1. The molecule has 6 nitrogen and oxygen atoms in total. The maximum Gasteiger partial charge on any atom is 0.269 e. The number of likely N-dealkylation sites (tertiary alicyclic amines) is 1. The molecule has 9 heteroatoms. The van der Waals surface area contributed by atoms with Crippen LogP contribution in [0, 0.1) is 0 Å². The van der Waals surface area contributed by atoms with Crippen LogP contribution in [-0.4, -0.2) is 45.7 Å². The summed E-state index contributed by atoms with van der Waals surface area (Å²) in [7, 11) is 1.89. The standard InChI is InChI=1S/C18H24ClN3O.C7H4ClNOS/c1-12(2)22-10-8-13(9-11-22)20-18(23)17-16(19)14-6-4-5-7-15(14)21(17)3;8-7-2-1-6(11-7)5-3-4-9-10-5/h4-7,12-13H,8-11H2,1-3H3,(H,20,23);1-4H. The summed E-state index contributed by atoms with van der Waals surface area (Å²) in [5, 5.41) is 8.23. The number of nitrogens with one attached hydrogen (secondary N) is 1. The van der Waals surface area contributed by atoms with Crippen LogP contribution >= 0.6 is 34.5 Å². The number of benzene rings is 1. The lowest BCUT2D eigenvalue weighted by atomic mass is 10.0. The largest absolute Gasteiger partial charge is 0.355 e. The smallest absolute Gasteiger partial charge is 0.269 e. The molecule has 1 saturated heterocycles. The van der Waals surface area contributed by atoms with Crippen molar-refractivity contribution in [3.05, 3.63) is 63.7 Å². The zero-order valence-electron chi connectivity index (χ0n) is 19.4. The van der Waals surface area contributed by atoms with E-state index in [2.05, 4.69) is 29.2 Å². The lowest BCUT2D eigenvalue weighted by Crippen LogP contribution is -2.46. The average molecular weight is 519 g/mol. The first-order valence-corrected chi connectivity index (χ1v) is 12.9. The molecule has 1 aliphatic rings. The van der Waals surface area contributed by atoms with Crippen LogP contribution in [0.4, 0.5) is 0 Å². The highest BCUT2D eigenvalue weighted by Crippen LogP contribution is 2.31. The monoisotopic (exact) mass is 518 g/mol. The van der Waals surface area contributed by atoms with Crippen molar-refractivity contribution < 1.29 is 9.32 Å². The first-order valence-electron chi connectivity index (χ1n) is 11.3. The van der Waals surface area contributed by atoms with E-state index in [1.165, 1.54) is 11.3 Å². The van der Waals surface area contributed by atoms with Gasteiger partial charge in [0.1, 0.15) is 5.69 Å². The first-order chi connectivity index (χ1) is 16.3. The minimum absolute atomic E-state index is 0.0725. The summed E-state index contributed by atoms with van der Waals surface area (Å²) in [6.07, 6.45) is 3.60. The van der Waals surface area contributed by atoms with E-state index in [-0.39, 0.29) is 11.9 Å². The number of nitrogens with zero attached hydrogens (tertiary/aromatic N) is 3. The summed E-state index contributed by atoms with van der Waals surface area (Å²) >= 11 is 13.7. The minimum atomic E-state index is -0.0725. The van der Waals surface area contributed by atoms with Crippen LogP contribution in [-0.2, 0) is 7.05 Å². The second-order valence-electron chi connectivity index (χ2n) is 8.60. The zero-order chi connectivity index (χ0) is 24.2. The Hall–Kier alpha value is -2.32. The molecule has 1 N–H and O–H groups in total. The van der Waals surface area contributed by atoms with Crippen LogP contribution in [0.15, 0.2) is 53.2 Å². The highest BCUT2D eigenvalue weighted by atomic mass is 35.5. The highest BCUT2D eigenvalue weighted by Gasteiger charge is 2.25. The van der Waals surface area contributed by atoms with E-state index < -0.39 is 0 Å². The molecule has 1 amide bonds. The van der Waals surface area contributed by atoms with Crippen LogP contribution in [0.1, 0.15) is 37.2 Å². The second kappa shape index (κ2) is 11.0. The average Bonchev–Trinajstić information content (AvgIpc) is 3.56. The number of carbonyl (C=O) groups is 1. The molecule has 5 rings (SSSR count). The number of hydrogen-bond acceptors (Lipinski definition) is 5. The van der Waals surface area contributed by atoms with E-state index in [4.69, 9.17) is 27.7 Å². The van der Waals surface area contributed by atoms with Gasteiger partial charge in [-0.3, -0.25) is 4.79 Å². The molecule has 34 heavy (non-hydrogen) atoms. The molecule has 0 bridgehead atoms. The van der Waals surface area contributed by atoms with Gasteiger partial charge in [-0.2, -0.15) is 0 Å². The molecule has 4 heterocycles. The van der Waals surface area contributed by atoms with Crippen molar-refractivity contribution in [1.29, 1.82) is 0 Å². The maximum absolute atomic E-state index is 12.7. The molecule has 0 aliphatic carbocycles. The number of hydrogen-bond donors (Lipinski definition) is 1. The van der Waals surface area contributed by atoms with Crippen LogP contribution in [0.25, 0.3) is 21.5 Å². The van der Waals surface area contributed by atoms with Gasteiger partial charge < -0.3 is 19.3 Å². The molecular weight excluding hydrogens is 491 g/mol. The van der Waals surface area contributed by atoms with Gasteiger partial charge >= 0.3 is 0 Å². The van der Waals surface area contributed by atoms with Crippen LogP contribution in [0.2, 0.25) is 9.36 Å². The first kappa shape index (κ1) is 24.8. The number of thiophene rings is 1. The number of amides is 1. The second-order valence-corrected chi connectivity index (χ2v) is 10.7. The number of carbonyl (C=O) groups excluding carboxylic acids is 1. The number of fused-ring (bicyclic) bond motifs is 1. The Labute approximate surface area is 213 Å². The summed E-state index contributed by atoms with van der Waals surface area (Å²) < 4.78 is 7.58. The Bertz CT molecular complexity index is 1200. The van der Waals surface area contributed by atoms with Gasteiger partial charge in [0.05, 0.1) is 20.4 Å². The fourth-order valence-corrected chi connectivity index (χ4v) is 5.58. The van der Waals surface area contributed by atoms with Gasteiger partial charge in [0.15, 0.2) is 5.76 Å².